The molecule has 1 spiro atoms. The normalized spacial score (nSPS) is 36.0. The summed E-state index contributed by atoms with van der Waals surface area (Å²) in [5.41, 5.74) is -2.25. The number of Topliss-reactive ketones (excluding diaryl/α,β-unsaturated/α-hetero) is 4. The molecule has 4 heteroatoms. The second-order valence-corrected chi connectivity index (χ2v) is 15.4. The summed E-state index contributed by atoms with van der Waals surface area (Å²) in [6, 6.07) is 8.80. The van der Waals surface area contributed by atoms with Crippen LogP contribution in [0, 0.1) is 44.8 Å². The zero-order valence-corrected chi connectivity index (χ0v) is 26.9. The summed E-state index contributed by atoms with van der Waals surface area (Å²) in [5, 5.41) is 0. The maximum absolute atomic E-state index is 15.4. The molecule has 4 nitrogen and oxygen atoms in total. The van der Waals surface area contributed by atoms with Gasteiger partial charge in [-0.05, 0) is 94.8 Å². The third kappa shape index (κ3) is 3.72. The van der Waals surface area contributed by atoms with Crippen LogP contribution in [0.15, 0.2) is 65.8 Å². The molecular weight excluding hydrogens is 520 g/mol. The maximum atomic E-state index is 15.4. The standard InChI is InChI=1S/C38H48O4/c1-23(2)14-13-15-25(5)18-19-36-21-27-20-29-34(6,7)28(24(3)4)22-37(29,31(36)40)33(42)38(32(36)41,35(27,8)9)30(39)26-16-11-10-12-17-26/h10-12,14,16-18,27-29H,3,13,15,19-22H2,1-2,4-9H3. The molecule has 6 atom stereocenters. The number of allylic oxidation sites excluding steroid dienone is 5. The van der Waals surface area contributed by atoms with Gasteiger partial charge in [0.25, 0.3) is 0 Å². The smallest absolute Gasteiger partial charge is 0.184 e. The molecule has 5 saturated carbocycles. The molecule has 42 heavy (non-hydrogen) atoms. The lowest BCUT2D eigenvalue weighted by Crippen LogP contribution is -2.75. The van der Waals surface area contributed by atoms with Crippen LogP contribution in [-0.4, -0.2) is 23.1 Å². The summed E-state index contributed by atoms with van der Waals surface area (Å²) < 4.78 is 0. The Morgan fingerprint density at radius 3 is 2.14 bits per heavy atom. The molecule has 0 heterocycles. The highest BCUT2D eigenvalue weighted by atomic mass is 16.2. The molecule has 5 fully saturated rings. The van der Waals surface area contributed by atoms with Crippen molar-refractivity contribution in [1.82, 2.24) is 0 Å². The van der Waals surface area contributed by atoms with Gasteiger partial charge >= 0.3 is 0 Å². The van der Waals surface area contributed by atoms with Gasteiger partial charge in [-0.1, -0.05) is 93.5 Å². The summed E-state index contributed by atoms with van der Waals surface area (Å²) in [5.74, 6) is -1.94. The van der Waals surface area contributed by atoms with Crippen molar-refractivity contribution in [1.29, 1.82) is 0 Å². The van der Waals surface area contributed by atoms with Crippen LogP contribution in [-0.2, 0) is 14.4 Å². The van der Waals surface area contributed by atoms with Crippen molar-refractivity contribution in [3.8, 4) is 0 Å². The zero-order valence-electron chi connectivity index (χ0n) is 26.9. The van der Waals surface area contributed by atoms with Crippen LogP contribution in [0.3, 0.4) is 0 Å². The number of hydrogen-bond acceptors (Lipinski definition) is 4. The van der Waals surface area contributed by atoms with Gasteiger partial charge in [-0.3, -0.25) is 19.2 Å². The van der Waals surface area contributed by atoms with Crippen molar-refractivity contribution in [3.63, 3.8) is 0 Å². The molecule has 0 radical (unpaired) electrons. The van der Waals surface area contributed by atoms with Crippen LogP contribution in [0.25, 0.3) is 0 Å². The minimum atomic E-state index is -1.90. The van der Waals surface area contributed by atoms with E-state index in [9.17, 15) is 4.79 Å². The summed E-state index contributed by atoms with van der Waals surface area (Å²) >= 11 is 0. The topological polar surface area (TPSA) is 68.3 Å². The molecule has 1 aromatic carbocycles. The molecule has 0 aromatic heterocycles. The molecular formula is C38H48O4. The summed E-state index contributed by atoms with van der Waals surface area (Å²) in [6.45, 7) is 20.7. The van der Waals surface area contributed by atoms with Crippen molar-refractivity contribution in [3.05, 3.63) is 71.3 Å². The second-order valence-electron chi connectivity index (χ2n) is 15.4. The monoisotopic (exact) mass is 568 g/mol. The van der Waals surface area contributed by atoms with E-state index in [0.29, 0.717) is 24.8 Å². The number of hydrogen-bond donors (Lipinski definition) is 0. The molecule has 0 aliphatic heterocycles. The van der Waals surface area contributed by atoms with E-state index in [1.807, 2.05) is 26.8 Å². The number of benzene rings is 1. The Morgan fingerprint density at radius 1 is 0.905 bits per heavy atom. The Morgan fingerprint density at radius 2 is 1.55 bits per heavy atom. The van der Waals surface area contributed by atoms with Crippen molar-refractivity contribution < 1.29 is 19.2 Å². The molecule has 4 bridgehead atoms. The molecule has 0 amide bonds. The lowest BCUT2D eigenvalue weighted by molar-refractivity contribution is -0.181. The van der Waals surface area contributed by atoms with Gasteiger partial charge in [0.15, 0.2) is 28.5 Å². The third-order valence-electron chi connectivity index (χ3n) is 12.2. The van der Waals surface area contributed by atoms with Gasteiger partial charge in [0.2, 0.25) is 0 Å². The van der Waals surface area contributed by atoms with Crippen molar-refractivity contribution in [2.75, 3.05) is 0 Å². The second kappa shape index (κ2) is 9.82. The van der Waals surface area contributed by atoms with E-state index in [0.717, 1.165) is 24.0 Å². The first-order valence-electron chi connectivity index (χ1n) is 15.7. The lowest BCUT2D eigenvalue weighted by atomic mass is 9.37. The van der Waals surface area contributed by atoms with Gasteiger partial charge in [0, 0.05) is 5.56 Å². The van der Waals surface area contributed by atoms with Crippen LogP contribution in [0.1, 0.15) is 104 Å². The first-order chi connectivity index (χ1) is 19.5. The van der Waals surface area contributed by atoms with E-state index in [2.05, 4.69) is 53.3 Å². The van der Waals surface area contributed by atoms with E-state index in [1.54, 1.807) is 24.3 Å². The molecule has 0 saturated heterocycles. The maximum Gasteiger partial charge on any atom is 0.184 e. The van der Waals surface area contributed by atoms with Gasteiger partial charge in [0.05, 0.1) is 10.8 Å². The molecule has 0 N–H and O–H groups in total. The van der Waals surface area contributed by atoms with Crippen molar-refractivity contribution in [2.45, 2.75) is 93.9 Å². The highest BCUT2D eigenvalue weighted by Gasteiger charge is 2.86. The predicted octanol–water partition coefficient (Wildman–Crippen LogP) is 8.32. The van der Waals surface area contributed by atoms with Crippen LogP contribution in [0.2, 0.25) is 0 Å². The Balaban J connectivity index is 1.77. The zero-order chi connectivity index (χ0) is 31.0. The molecule has 5 aliphatic carbocycles. The van der Waals surface area contributed by atoms with Crippen LogP contribution in [0.4, 0.5) is 0 Å². The predicted molar refractivity (Wildman–Crippen MR) is 167 cm³/mol. The van der Waals surface area contributed by atoms with E-state index in [-0.39, 0.29) is 35.4 Å². The molecule has 224 valence electrons. The Kier molecular flexibility index (Phi) is 7.15. The van der Waals surface area contributed by atoms with Gasteiger partial charge < -0.3 is 0 Å². The average molecular weight is 569 g/mol. The minimum absolute atomic E-state index is 0.0489. The fourth-order valence-corrected chi connectivity index (χ4v) is 9.88. The van der Waals surface area contributed by atoms with E-state index in [1.165, 1.54) is 5.57 Å². The first-order valence-corrected chi connectivity index (χ1v) is 15.7. The Bertz CT molecular complexity index is 1430. The number of ketones is 4. The molecule has 5 aliphatic rings. The average Bonchev–Trinajstić information content (AvgIpc) is 3.07. The van der Waals surface area contributed by atoms with Crippen LogP contribution >= 0.6 is 0 Å². The highest BCUT2D eigenvalue weighted by Crippen LogP contribution is 2.77. The van der Waals surface area contributed by atoms with Crippen LogP contribution < -0.4 is 0 Å². The summed E-state index contributed by atoms with van der Waals surface area (Å²) in [4.78, 5) is 60.6. The molecule has 6 rings (SSSR count). The number of rotatable bonds is 8. The number of carbonyl (C=O) groups is 4. The van der Waals surface area contributed by atoms with Gasteiger partial charge in [-0.15, -0.1) is 0 Å². The molecule has 1 aromatic rings. The Labute approximate surface area is 252 Å². The number of carbonyl (C=O) groups excluding carboxylic acids is 4. The first kappa shape index (κ1) is 30.6. The highest BCUT2D eigenvalue weighted by molar-refractivity contribution is 6.42. The van der Waals surface area contributed by atoms with Crippen LogP contribution in [0.5, 0.6) is 0 Å². The largest absolute Gasteiger partial charge is 0.297 e. The fraction of sp³-hybridized carbons (Fsp3) is 0.579. The Hall–Kier alpha value is -2.88. The lowest BCUT2D eigenvalue weighted by Gasteiger charge is -2.60. The molecule has 6 unspecified atom stereocenters. The van der Waals surface area contributed by atoms with Gasteiger partial charge in [-0.25, -0.2) is 0 Å². The van der Waals surface area contributed by atoms with E-state index >= 15 is 14.4 Å². The minimum Gasteiger partial charge on any atom is -0.297 e. The van der Waals surface area contributed by atoms with E-state index < -0.39 is 39.0 Å². The SMILES string of the molecule is C=C(C)C1CC23C(=O)C4(CC=C(C)CCC=C(C)C)CC(CC2C1(C)C)C(C)(C)C(C(=O)c1ccccc1)(C4=O)C3=O. The van der Waals surface area contributed by atoms with Crippen molar-refractivity contribution >= 4 is 23.1 Å². The summed E-state index contributed by atoms with van der Waals surface area (Å²) in [7, 11) is 0. The third-order valence-corrected chi connectivity index (χ3v) is 12.2. The van der Waals surface area contributed by atoms with Gasteiger partial charge in [-0.2, -0.15) is 0 Å². The van der Waals surface area contributed by atoms with E-state index in [4.69, 9.17) is 0 Å². The van der Waals surface area contributed by atoms with Crippen molar-refractivity contribution in [2.24, 2.45) is 44.8 Å². The summed E-state index contributed by atoms with van der Waals surface area (Å²) in [6.07, 6.45) is 7.63. The quantitative estimate of drug-likeness (QED) is 0.180. The van der Waals surface area contributed by atoms with Gasteiger partial charge in [0.1, 0.15) is 0 Å². The fourth-order valence-electron chi connectivity index (χ4n) is 9.88.